The normalized spacial score (nSPS) is 13.6. The number of rotatable bonds is 28. The smallest absolute Gasteiger partial charge is 0.305 e. The lowest BCUT2D eigenvalue weighted by atomic mass is 10.1. The fourth-order valence-corrected chi connectivity index (χ4v) is 4.59. The summed E-state index contributed by atoms with van der Waals surface area (Å²) in [6.07, 6.45) is 25.9. The monoisotopic (exact) mass is 555 g/mol. The zero-order valence-corrected chi connectivity index (χ0v) is 25.8. The number of quaternary nitrogens is 1. The number of aliphatic hydroxyl groups is 1. The van der Waals surface area contributed by atoms with Gasteiger partial charge in [0.2, 0.25) is 0 Å². The average Bonchev–Trinajstić information content (AvgIpc) is 2.87. The third-order valence-electron chi connectivity index (χ3n) is 7.13. The first-order valence-corrected chi connectivity index (χ1v) is 15.8. The van der Waals surface area contributed by atoms with Crippen LogP contribution in [0.4, 0.5) is 0 Å². The van der Waals surface area contributed by atoms with Gasteiger partial charge in [0.25, 0.3) is 0 Å². The zero-order valence-electron chi connectivity index (χ0n) is 25.8. The molecule has 0 rings (SSSR count). The molecular weight excluding hydrogens is 494 g/mol. The largest absolute Gasteiger partial charge is 0.544 e. The summed E-state index contributed by atoms with van der Waals surface area (Å²) in [5, 5.41) is 21.2. The molecule has 0 heterocycles. The van der Waals surface area contributed by atoms with Crippen molar-refractivity contribution in [3.8, 4) is 0 Å². The molecule has 0 spiro atoms. The van der Waals surface area contributed by atoms with E-state index < -0.39 is 18.1 Å². The van der Waals surface area contributed by atoms with E-state index in [4.69, 9.17) is 9.47 Å². The van der Waals surface area contributed by atoms with Crippen LogP contribution in [0.3, 0.4) is 0 Å². The van der Waals surface area contributed by atoms with Crippen LogP contribution in [0.15, 0.2) is 12.2 Å². The van der Waals surface area contributed by atoms with Gasteiger partial charge in [-0.05, 0) is 32.1 Å². The first kappa shape index (κ1) is 37.6. The van der Waals surface area contributed by atoms with E-state index in [1.807, 2.05) is 0 Å². The van der Waals surface area contributed by atoms with Gasteiger partial charge in [0.15, 0.2) is 0 Å². The van der Waals surface area contributed by atoms with Gasteiger partial charge in [-0.2, -0.15) is 0 Å². The highest BCUT2D eigenvalue weighted by molar-refractivity contribution is 5.69. The number of likely N-dealkylation sites (N-methyl/N-ethyl adjacent to an activating group) is 1. The Morgan fingerprint density at radius 1 is 0.769 bits per heavy atom. The van der Waals surface area contributed by atoms with Crippen molar-refractivity contribution in [1.29, 1.82) is 0 Å². The zero-order chi connectivity index (χ0) is 29.2. The quantitative estimate of drug-likeness (QED) is 0.0574. The van der Waals surface area contributed by atoms with Gasteiger partial charge in [0.1, 0.15) is 18.8 Å². The van der Waals surface area contributed by atoms with E-state index in [2.05, 4.69) is 19.1 Å². The lowest BCUT2D eigenvalue weighted by molar-refractivity contribution is -0.889. The van der Waals surface area contributed by atoms with Gasteiger partial charge in [0.05, 0.1) is 40.3 Å². The van der Waals surface area contributed by atoms with Crippen LogP contribution in [0.1, 0.15) is 129 Å². The Hall–Kier alpha value is -1.44. The number of unbranched alkanes of at least 4 members (excludes halogenated alkanes) is 15. The van der Waals surface area contributed by atoms with Crippen LogP contribution in [-0.4, -0.2) is 74.6 Å². The van der Waals surface area contributed by atoms with Gasteiger partial charge >= 0.3 is 5.97 Å². The topological polar surface area (TPSA) is 95.9 Å². The van der Waals surface area contributed by atoms with Crippen molar-refractivity contribution in [2.45, 2.75) is 141 Å². The molecule has 230 valence electrons. The lowest BCUT2D eigenvalue weighted by Gasteiger charge is -2.34. The summed E-state index contributed by atoms with van der Waals surface area (Å²) in [6.45, 7) is 2.35. The highest BCUT2D eigenvalue weighted by Gasteiger charge is 2.24. The van der Waals surface area contributed by atoms with Gasteiger partial charge in [-0.3, -0.25) is 4.79 Å². The minimum Gasteiger partial charge on any atom is -0.544 e. The molecule has 2 atom stereocenters. The number of nitrogens with zero attached hydrogens (tertiary/aromatic N) is 1. The Labute approximate surface area is 239 Å². The second kappa shape index (κ2) is 25.5. The number of carbonyl (C=O) groups is 2. The van der Waals surface area contributed by atoms with Crippen LogP contribution < -0.4 is 5.11 Å². The third kappa shape index (κ3) is 25.3. The van der Waals surface area contributed by atoms with Gasteiger partial charge in [0, 0.05) is 12.8 Å². The Morgan fingerprint density at radius 2 is 1.26 bits per heavy atom. The number of carboxylic acid groups (broad SMARTS) is 1. The predicted molar refractivity (Wildman–Crippen MR) is 157 cm³/mol. The molecule has 0 amide bonds. The molecule has 0 saturated carbocycles. The molecule has 39 heavy (non-hydrogen) atoms. The summed E-state index contributed by atoms with van der Waals surface area (Å²) in [4.78, 5) is 23.1. The maximum atomic E-state index is 11.9. The Bertz CT molecular complexity index is 616. The number of esters is 1. The maximum Gasteiger partial charge on any atom is 0.305 e. The number of aliphatic hydroxyl groups excluding tert-OH is 1. The van der Waals surface area contributed by atoms with E-state index in [1.165, 1.54) is 89.9 Å². The SMILES string of the molecule is CCCCCCCCCC/C=C/CCCCCCCCCC(=O)OCC(O)COCCC(C(=O)[O-])[N+](C)(C)C. The molecule has 7 heteroatoms. The molecule has 0 aromatic heterocycles. The molecule has 7 nitrogen and oxygen atoms in total. The Kier molecular flexibility index (Phi) is 24.6. The second-order valence-electron chi connectivity index (χ2n) is 11.9. The van der Waals surface area contributed by atoms with Crippen LogP contribution in [0.5, 0.6) is 0 Å². The number of aliphatic carboxylic acids is 1. The van der Waals surface area contributed by atoms with Gasteiger partial charge in [-0.25, -0.2) is 0 Å². The molecule has 0 aliphatic heterocycles. The minimum absolute atomic E-state index is 0.000758. The maximum absolute atomic E-state index is 11.9. The summed E-state index contributed by atoms with van der Waals surface area (Å²) in [5.41, 5.74) is 0. The first-order valence-electron chi connectivity index (χ1n) is 15.8. The summed E-state index contributed by atoms with van der Waals surface area (Å²) in [7, 11) is 5.36. The molecule has 2 unspecified atom stereocenters. The molecule has 1 N–H and O–H groups in total. The summed E-state index contributed by atoms with van der Waals surface area (Å²) >= 11 is 0. The second-order valence-corrected chi connectivity index (χ2v) is 11.9. The van der Waals surface area contributed by atoms with Crippen LogP contribution in [0, 0.1) is 0 Å². The molecule has 0 aromatic carbocycles. The number of hydrogen-bond donors (Lipinski definition) is 1. The number of hydrogen-bond acceptors (Lipinski definition) is 6. The van der Waals surface area contributed by atoms with Crippen LogP contribution in [0.2, 0.25) is 0 Å². The molecule has 0 radical (unpaired) electrons. The highest BCUT2D eigenvalue weighted by Crippen LogP contribution is 2.12. The fourth-order valence-electron chi connectivity index (χ4n) is 4.59. The van der Waals surface area contributed by atoms with Crippen LogP contribution >= 0.6 is 0 Å². The van der Waals surface area contributed by atoms with Gasteiger partial charge in [-0.15, -0.1) is 0 Å². The van der Waals surface area contributed by atoms with Crippen molar-refractivity contribution < 1.29 is 33.8 Å². The number of ether oxygens (including phenoxy) is 2. The van der Waals surface area contributed by atoms with Gasteiger partial charge < -0.3 is 29.0 Å². The van der Waals surface area contributed by atoms with Crippen molar-refractivity contribution in [3.63, 3.8) is 0 Å². The van der Waals surface area contributed by atoms with E-state index in [-0.39, 0.29) is 36.7 Å². The first-order chi connectivity index (χ1) is 18.7. The molecule has 0 aliphatic rings. The van der Waals surface area contributed by atoms with E-state index in [0.717, 1.165) is 19.3 Å². The van der Waals surface area contributed by atoms with E-state index in [1.54, 1.807) is 21.1 Å². The lowest BCUT2D eigenvalue weighted by Crippen LogP contribution is -2.55. The predicted octanol–water partition coefficient (Wildman–Crippen LogP) is 5.72. The molecule has 0 bridgehead atoms. The number of carbonyl (C=O) groups excluding carboxylic acids is 2. The third-order valence-corrected chi connectivity index (χ3v) is 7.13. The van der Waals surface area contributed by atoms with E-state index in [0.29, 0.717) is 6.42 Å². The molecular formula is C32H61NO6. The Balaban J connectivity index is 3.49. The Morgan fingerprint density at radius 3 is 1.74 bits per heavy atom. The van der Waals surface area contributed by atoms with Crippen molar-refractivity contribution in [1.82, 2.24) is 0 Å². The molecule has 0 aliphatic carbocycles. The fraction of sp³-hybridized carbons (Fsp3) is 0.875. The summed E-state index contributed by atoms with van der Waals surface area (Å²) in [6, 6.07) is -0.684. The van der Waals surface area contributed by atoms with E-state index in [9.17, 15) is 19.8 Å². The van der Waals surface area contributed by atoms with Crippen molar-refractivity contribution in [2.75, 3.05) is 41.0 Å². The van der Waals surface area contributed by atoms with Crippen molar-refractivity contribution in [3.05, 3.63) is 12.2 Å². The van der Waals surface area contributed by atoms with Crippen molar-refractivity contribution >= 4 is 11.9 Å². The molecule has 0 saturated heterocycles. The minimum atomic E-state index is -1.12. The van der Waals surface area contributed by atoms with Crippen molar-refractivity contribution in [2.24, 2.45) is 0 Å². The average molecular weight is 556 g/mol. The summed E-state index contributed by atoms with van der Waals surface area (Å²) in [5.74, 6) is -1.41. The number of carboxylic acids is 1. The standard InChI is InChI=1S/C32H61NO6/c1-5-6-7-8-9-10-11-12-13-14-15-16-17-18-19-20-21-22-23-24-31(35)39-28-29(34)27-38-26-25-30(32(36)37)33(2,3)4/h14-15,29-30,34H,5-13,16-28H2,1-4H3/b15-14+. The van der Waals surface area contributed by atoms with E-state index >= 15 is 0 Å². The molecule has 0 fully saturated rings. The summed E-state index contributed by atoms with van der Waals surface area (Å²) < 4.78 is 10.7. The number of allylic oxidation sites excluding steroid dienone is 2. The van der Waals surface area contributed by atoms with Crippen LogP contribution in [-0.2, 0) is 19.1 Å². The highest BCUT2D eigenvalue weighted by atomic mass is 16.5. The van der Waals surface area contributed by atoms with Crippen LogP contribution in [0.25, 0.3) is 0 Å². The molecule has 0 aromatic rings. The van der Waals surface area contributed by atoms with Gasteiger partial charge in [-0.1, -0.05) is 96.1 Å².